The largest absolute Gasteiger partial charge is 0.311 e. The van der Waals surface area contributed by atoms with Gasteiger partial charge in [0.1, 0.15) is 0 Å². The molecule has 1 heteroatoms. The van der Waals surface area contributed by atoms with E-state index in [-0.39, 0.29) is 16.9 Å². The first-order chi connectivity index (χ1) is 31.7. The summed E-state index contributed by atoms with van der Waals surface area (Å²) in [5, 5.41) is 1.51. The molecule has 0 fully saturated rings. The Morgan fingerprint density at radius 3 is 1.38 bits per heavy atom. The molecule has 0 saturated heterocycles. The highest BCUT2D eigenvalue weighted by Gasteiger charge is 2.16. The Balaban J connectivity index is 1.29. The molecule has 53 heavy (non-hydrogen) atoms. The molecule has 0 N–H and O–H groups in total. The lowest BCUT2D eigenvalue weighted by atomic mass is 9.89. The number of hydrogen-bond donors (Lipinski definition) is 0. The predicted molar refractivity (Wildman–Crippen MR) is 226 cm³/mol. The standard InChI is InChI=1S/C52H37N/c1-4-12-38(13-5-1)40-20-22-41(23-21-40)43-26-33-48(34-27-43)53(47-31-24-42(25-32-47)39-14-6-2-7-15-39)49-35-28-46(29-36-49)52-50-19-11-10-18-45(50)30-37-51(52)44-16-8-3-9-17-44/h1-37H/i2D,6D,7D,14D,15D,24D,25D,28D,29D,31D,32D,35D,36D. The molecule has 0 saturated carbocycles. The van der Waals surface area contributed by atoms with Gasteiger partial charge in [0.05, 0.1) is 17.8 Å². The summed E-state index contributed by atoms with van der Waals surface area (Å²) in [5.41, 5.74) is 4.00. The molecule has 0 bridgehead atoms. The summed E-state index contributed by atoms with van der Waals surface area (Å²) >= 11 is 0. The molecule has 250 valence electrons. The number of anilines is 3. The Morgan fingerprint density at radius 1 is 0.302 bits per heavy atom. The van der Waals surface area contributed by atoms with Gasteiger partial charge in [-0.15, -0.1) is 0 Å². The van der Waals surface area contributed by atoms with Crippen molar-refractivity contribution in [2.24, 2.45) is 0 Å². The summed E-state index contributed by atoms with van der Waals surface area (Å²) < 4.78 is 118. The van der Waals surface area contributed by atoms with Crippen molar-refractivity contribution in [2.75, 3.05) is 4.90 Å². The van der Waals surface area contributed by atoms with E-state index in [1.807, 2.05) is 121 Å². The fourth-order valence-electron chi connectivity index (χ4n) is 6.52. The van der Waals surface area contributed by atoms with Gasteiger partial charge >= 0.3 is 0 Å². The van der Waals surface area contributed by atoms with Crippen molar-refractivity contribution in [2.45, 2.75) is 0 Å². The fourth-order valence-corrected chi connectivity index (χ4v) is 6.52. The number of hydrogen-bond acceptors (Lipinski definition) is 1. The molecule has 0 radical (unpaired) electrons. The van der Waals surface area contributed by atoms with E-state index in [0.29, 0.717) is 16.5 Å². The third-order valence-corrected chi connectivity index (χ3v) is 9.14. The van der Waals surface area contributed by atoms with Gasteiger partial charge < -0.3 is 4.90 Å². The quantitative estimate of drug-likeness (QED) is 0.154. The van der Waals surface area contributed by atoms with Gasteiger partial charge in [0.15, 0.2) is 0 Å². The number of nitrogens with zero attached hydrogens (tertiary/aromatic N) is 1. The van der Waals surface area contributed by atoms with E-state index < -0.39 is 95.4 Å². The van der Waals surface area contributed by atoms with Crippen LogP contribution in [0.4, 0.5) is 17.1 Å². The lowest BCUT2D eigenvalue weighted by Gasteiger charge is -2.26. The zero-order valence-corrected chi connectivity index (χ0v) is 28.3. The van der Waals surface area contributed by atoms with Crippen LogP contribution in [0.1, 0.15) is 17.8 Å². The average Bonchev–Trinajstić information content (AvgIpc) is 3.35. The molecule has 0 heterocycles. The van der Waals surface area contributed by atoms with Crippen LogP contribution in [0.2, 0.25) is 0 Å². The first kappa shape index (κ1) is 20.8. The first-order valence-corrected chi connectivity index (χ1v) is 17.1. The van der Waals surface area contributed by atoms with E-state index in [1.54, 1.807) is 24.3 Å². The molecule has 0 aliphatic rings. The first-order valence-electron chi connectivity index (χ1n) is 23.6. The summed E-state index contributed by atoms with van der Waals surface area (Å²) in [6.07, 6.45) is 0. The Kier molecular flexibility index (Phi) is 5.62. The zero-order valence-electron chi connectivity index (χ0n) is 41.3. The van der Waals surface area contributed by atoms with Gasteiger partial charge in [-0.25, -0.2) is 0 Å². The maximum Gasteiger partial charge on any atom is 0.0645 e. The van der Waals surface area contributed by atoms with Crippen LogP contribution in [0.3, 0.4) is 0 Å². The molecule has 0 amide bonds. The van der Waals surface area contributed by atoms with Crippen molar-refractivity contribution in [1.82, 2.24) is 0 Å². The van der Waals surface area contributed by atoms with Crippen molar-refractivity contribution in [3.05, 3.63) is 224 Å². The monoisotopic (exact) mass is 688 g/mol. The highest BCUT2D eigenvalue weighted by Crippen LogP contribution is 2.41. The van der Waals surface area contributed by atoms with Gasteiger partial charge in [0.2, 0.25) is 0 Å². The third kappa shape index (κ3) is 6.53. The van der Waals surface area contributed by atoms with Gasteiger partial charge in [-0.2, -0.15) is 0 Å². The molecule has 9 aromatic carbocycles. The molecule has 0 aliphatic carbocycles. The van der Waals surface area contributed by atoms with Crippen LogP contribution in [0.15, 0.2) is 224 Å². The van der Waals surface area contributed by atoms with E-state index in [2.05, 4.69) is 0 Å². The van der Waals surface area contributed by atoms with Crippen molar-refractivity contribution in [3.8, 4) is 55.6 Å². The van der Waals surface area contributed by atoms with Crippen LogP contribution in [0.25, 0.3) is 66.4 Å². The summed E-state index contributed by atoms with van der Waals surface area (Å²) in [6, 6.07) is 37.1. The topological polar surface area (TPSA) is 3.24 Å². The maximum absolute atomic E-state index is 9.69. The van der Waals surface area contributed by atoms with Crippen molar-refractivity contribution in [3.63, 3.8) is 0 Å². The van der Waals surface area contributed by atoms with Gasteiger partial charge in [-0.3, -0.25) is 0 Å². The molecule has 0 spiro atoms. The van der Waals surface area contributed by atoms with Crippen molar-refractivity contribution in [1.29, 1.82) is 0 Å². The second kappa shape index (κ2) is 14.3. The van der Waals surface area contributed by atoms with E-state index in [4.69, 9.17) is 6.85 Å². The smallest absolute Gasteiger partial charge is 0.0645 e. The number of rotatable bonds is 8. The Labute approximate surface area is 330 Å². The van der Waals surface area contributed by atoms with E-state index in [9.17, 15) is 11.0 Å². The van der Waals surface area contributed by atoms with Crippen LogP contribution in [0.5, 0.6) is 0 Å². The Hall–Kier alpha value is -6.96. The normalized spacial score (nSPS) is 14.5. The molecular formula is C52H37N. The summed E-state index contributed by atoms with van der Waals surface area (Å²) in [7, 11) is 0. The molecule has 0 atom stereocenters. The van der Waals surface area contributed by atoms with Crippen molar-refractivity contribution >= 4 is 27.8 Å². The number of fused-ring (bicyclic) bond motifs is 1. The average molecular weight is 689 g/mol. The van der Waals surface area contributed by atoms with E-state index in [1.165, 1.54) is 4.90 Å². The molecule has 9 aromatic rings. The Morgan fingerprint density at radius 2 is 0.774 bits per heavy atom. The van der Waals surface area contributed by atoms with E-state index in [0.717, 1.165) is 33.2 Å². The van der Waals surface area contributed by atoms with Gasteiger partial charge in [0, 0.05) is 17.1 Å². The van der Waals surface area contributed by atoms with Crippen LogP contribution in [-0.2, 0) is 0 Å². The van der Waals surface area contributed by atoms with E-state index >= 15 is 0 Å². The third-order valence-electron chi connectivity index (χ3n) is 9.14. The Bertz CT molecular complexity index is 3290. The molecular weight excluding hydrogens is 639 g/mol. The van der Waals surface area contributed by atoms with Gasteiger partial charge in [0.25, 0.3) is 0 Å². The van der Waals surface area contributed by atoms with Crippen LogP contribution in [-0.4, -0.2) is 0 Å². The highest BCUT2D eigenvalue weighted by molar-refractivity contribution is 6.04. The summed E-state index contributed by atoms with van der Waals surface area (Å²) in [6.45, 7) is 0. The predicted octanol–water partition coefficient (Wildman–Crippen LogP) is 14.6. The van der Waals surface area contributed by atoms with Gasteiger partial charge in [-0.05, 0) is 103 Å². The number of benzene rings is 9. The minimum atomic E-state index is -0.736. The van der Waals surface area contributed by atoms with Crippen LogP contribution in [0, 0.1) is 0 Å². The van der Waals surface area contributed by atoms with Gasteiger partial charge in [-0.1, -0.05) is 188 Å². The lowest BCUT2D eigenvalue weighted by Crippen LogP contribution is -2.09. The molecule has 0 aromatic heterocycles. The second-order valence-corrected chi connectivity index (χ2v) is 12.3. The lowest BCUT2D eigenvalue weighted by molar-refractivity contribution is 1.28. The zero-order chi connectivity index (χ0) is 46.7. The minimum absolute atomic E-state index is 0.0229. The van der Waals surface area contributed by atoms with Crippen LogP contribution < -0.4 is 4.90 Å². The molecule has 9 rings (SSSR count). The molecule has 1 nitrogen and oxygen atoms in total. The second-order valence-electron chi connectivity index (χ2n) is 12.3. The maximum atomic E-state index is 9.69. The fraction of sp³-hybridized carbons (Fsp3) is 0. The summed E-state index contributed by atoms with van der Waals surface area (Å²) in [4.78, 5) is 1.18. The van der Waals surface area contributed by atoms with Crippen LogP contribution >= 0.6 is 0 Å². The molecule has 0 unspecified atom stereocenters. The van der Waals surface area contributed by atoms with Crippen molar-refractivity contribution < 1.29 is 17.8 Å². The summed E-state index contributed by atoms with van der Waals surface area (Å²) in [5.74, 6) is 0. The minimum Gasteiger partial charge on any atom is -0.311 e. The SMILES string of the molecule is [2H]c1c([2H])c([2H])c(-c2c([2H])c([2H])c(N(c3ccc(-c4ccc(-c5ccccc5)cc4)cc3)c3c([2H])c([2H])c(-c4c(-c5ccccc5)ccc5ccccc45)c([2H])c3[2H])c([2H])c2[2H])c([2H])c1[2H]. The highest BCUT2D eigenvalue weighted by atomic mass is 15.1. The molecule has 0 aliphatic heterocycles.